The molecule has 20 heavy (non-hydrogen) atoms. The number of anilines is 1. The summed E-state index contributed by atoms with van der Waals surface area (Å²) in [6.45, 7) is 9.88. The summed E-state index contributed by atoms with van der Waals surface area (Å²) < 4.78 is 0. The normalized spacial score (nSPS) is 20.1. The van der Waals surface area contributed by atoms with Crippen LogP contribution < -0.4 is 10.2 Å². The van der Waals surface area contributed by atoms with Gasteiger partial charge >= 0.3 is 0 Å². The quantitative estimate of drug-likeness (QED) is 0.860. The van der Waals surface area contributed by atoms with Crippen LogP contribution in [0.15, 0.2) is 0 Å². The van der Waals surface area contributed by atoms with E-state index in [-0.39, 0.29) is 0 Å². The molecular formula is C16H29N3S. The smallest absolute Gasteiger partial charge is 0.186 e. The Morgan fingerprint density at radius 2 is 2.10 bits per heavy atom. The average molecular weight is 295 g/mol. The Labute approximate surface area is 127 Å². The molecule has 1 aromatic rings. The van der Waals surface area contributed by atoms with Crippen molar-refractivity contribution in [3.8, 4) is 0 Å². The summed E-state index contributed by atoms with van der Waals surface area (Å²) in [5, 5.41) is 4.71. The van der Waals surface area contributed by atoms with E-state index >= 15 is 0 Å². The van der Waals surface area contributed by atoms with E-state index in [9.17, 15) is 0 Å². The van der Waals surface area contributed by atoms with Crippen LogP contribution in [0.3, 0.4) is 0 Å². The summed E-state index contributed by atoms with van der Waals surface area (Å²) in [7, 11) is 0. The van der Waals surface area contributed by atoms with Crippen molar-refractivity contribution in [3.63, 3.8) is 0 Å². The fraction of sp³-hybridized carbons (Fsp3) is 0.812. The zero-order chi connectivity index (χ0) is 14.4. The van der Waals surface area contributed by atoms with Crippen LogP contribution in [0.4, 0.5) is 5.13 Å². The molecule has 0 spiro atoms. The molecule has 1 aliphatic rings. The predicted octanol–water partition coefficient (Wildman–Crippen LogP) is 3.97. The molecule has 1 atom stereocenters. The molecule has 0 bridgehead atoms. The van der Waals surface area contributed by atoms with Gasteiger partial charge in [0, 0.05) is 24.0 Å². The third kappa shape index (κ3) is 3.73. The first-order valence-electron chi connectivity index (χ1n) is 8.26. The Kier molecular flexibility index (Phi) is 6.30. The summed E-state index contributed by atoms with van der Waals surface area (Å²) in [6, 6.07) is 0.695. The summed E-state index contributed by atoms with van der Waals surface area (Å²) >= 11 is 1.91. The SMILES string of the molecule is CCNCc1sc(N2CCCCCC2CC)nc1CC. The van der Waals surface area contributed by atoms with E-state index in [1.165, 1.54) is 54.4 Å². The number of aromatic nitrogens is 1. The highest BCUT2D eigenvalue weighted by Crippen LogP contribution is 2.32. The van der Waals surface area contributed by atoms with Crippen molar-refractivity contribution in [3.05, 3.63) is 10.6 Å². The van der Waals surface area contributed by atoms with Crippen LogP contribution in [-0.2, 0) is 13.0 Å². The van der Waals surface area contributed by atoms with Crippen LogP contribution in [0.1, 0.15) is 63.4 Å². The lowest BCUT2D eigenvalue weighted by atomic mass is 10.1. The van der Waals surface area contributed by atoms with Crippen LogP contribution in [0, 0.1) is 0 Å². The highest BCUT2D eigenvalue weighted by Gasteiger charge is 2.23. The maximum absolute atomic E-state index is 4.95. The van der Waals surface area contributed by atoms with Gasteiger partial charge in [-0.3, -0.25) is 0 Å². The van der Waals surface area contributed by atoms with E-state index in [0.29, 0.717) is 6.04 Å². The summed E-state index contributed by atoms with van der Waals surface area (Å²) in [5.41, 5.74) is 1.30. The van der Waals surface area contributed by atoms with Gasteiger partial charge in [0.25, 0.3) is 0 Å². The van der Waals surface area contributed by atoms with Gasteiger partial charge in [0.15, 0.2) is 5.13 Å². The molecule has 0 aromatic carbocycles. The number of nitrogens with zero attached hydrogens (tertiary/aromatic N) is 2. The van der Waals surface area contributed by atoms with E-state index in [0.717, 1.165) is 19.5 Å². The van der Waals surface area contributed by atoms with Crippen molar-refractivity contribution < 1.29 is 0 Å². The van der Waals surface area contributed by atoms with Crippen molar-refractivity contribution in [2.24, 2.45) is 0 Å². The van der Waals surface area contributed by atoms with Gasteiger partial charge in [-0.2, -0.15) is 0 Å². The number of hydrogen-bond acceptors (Lipinski definition) is 4. The van der Waals surface area contributed by atoms with Crippen molar-refractivity contribution in [1.29, 1.82) is 0 Å². The van der Waals surface area contributed by atoms with Gasteiger partial charge in [-0.05, 0) is 32.2 Å². The van der Waals surface area contributed by atoms with E-state index in [1.54, 1.807) is 0 Å². The molecule has 3 nitrogen and oxygen atoms in total. The van der Waals surface area contributed by atoms with Crippen molar-refractivity contribution in [2.75, 3.05) is 18.0 Å². The first-order chi connectivity index (χ1) is 9.80. The second-order valence-electron chi connectivity index (χ2n) is 5.60. The van der Waals surface area contributed by atoms with Crippen LogP contribution in [0.25, 0.3) is 0 Å². The summed E-state index contributed by atoms with van der Waals surface area (Å²) in [4.78, 5) is 8.97. The van der Waals surface area contributed by atoms with Crippen molar-refractivity contribution >= 4 is 16.5 Å². The third-order valence-corrected chi connectivity index (χ3v) is 5.37. The largest absolute Gasteiger partial charge is 0.345 e. The minimum Gasteiger partial charge on any atom is -0.345 e. The molecule has 1 aromatic heterocycles. The Hall–Kier alpha value is -0.610. The molecule has 0 radical (unpaired) electrons. The Morgan fingerprint density at radius 3 is 2.80 bits per heavy atom. The molecule has 1 unspecified atom stereocenters. The molecule has 2 heterocycles. The molecule has 0 saturated carbocycles. The standard InChI is InChI=1S/C16H29N3S/c1-4-13-10-8-7-9-11-19(13)16-18-14(5-2)15(20-16)12-17-6-3/h13,17H,4-12H2,1-3H3. The van der Waals surface area contributed by atoms with Gasteiger partial charge in [0.2, 0.25) is 0 Å². The maximum Gasteiger partial charge on any atom is 0.186 e. The van der Waals surface area contributed by atoms with E-state index in [4.69, 9.17) is 4.98 Å². The molecule has 4 heteroatoms. The Bertz CT molecular complexity index is 402. The van der Waals surface area contributed by atoms with Gasteiger partial charge in [0.05, 0.1) is 5.69 Å². The lowest BCUT2D eigenvalue weighted by Crippen LogP contribution is -2.34. The third-order valence-electron chi connectivity index (χ3n) is 4.23. The fourth-order valence-electron chi connectivity index (χ4n) is 3.00. The van der Waals surface area contributed by atoms with Crippen molar-refractivity contribution in [2.45, 2.75) is 71.9 Å². The van der Waals surface area contributed by atoms with Gasteiger partial charge in [-0.25, -0.2) is 4.98 Å². The molecule has 0 amide bonds. The van der Waals surface area contributed by atoms with E-state index in [1.807, 2.05) is 11.3 Å². The predicted molar refractivity (Wildman–Crippen MR) is 88.8 cm³/mol. The molecular weight excluding hydrogens is 266 g/mol. The van der Waals surface area contributed by atoms with Crippen molar-refractivity contribution in [1.82, 2.24) is 10.3 Å². The van der Waals surface area contributed by atoms with Crippen LogP contribution in [0.5, 0.6) is 0 Å². The Balaban J connectivity index is 2.18. The van der Waals surface area contributed by atoms with Gasteiger partial charge < -0.3 is 10.2 Å². The summed E-state index contributed by atoms with van der Waals surface area (Å²) in [5.74, 6) is 0. The highest BCUT2D eigenvalue weighted by atomic mass is 32.1. The van der Waals surface area contributed by atoms with E-state index in [2.05, 4.69) is 31.0 Å². The zero-order valence-corrected chi connectivity index (χ0v) is 14.1. The lowest BCUT2D eigenvalue weighted by molar-refractivity contribution is 0.555. The number of thiazole rings is 1. The zero-order valence-electron chi connectivity index (χ0n) is 13.2. The maximum atomic E-state index is 4.95. The second kappa shape index (κ2) is 7.99. The fourth-order valence-corrected chi connectivity index (χ4v) is 4.21. The molecule has 114 valence electrons. The molecule has 2 rings (SSSR count). The van der Waals surface area contributed by atoms with Gasteiger partial charge in [-0.1, -0.05) is 33.6 Å². The molecule has 1 fully saturated rings. The monoisotopic (exact) mass is 295 g/mol. The van der Waals surface area contributed by atoms with Crippen LogP contribution in [-0.4, -0.2) is 24.1 Å². The number of rotatable bonds is 6. The van der Waals surface area contributed by atoms with E-state index < -0.39 is 0 Å². The summed E-state index contributed by atoms with van der Waals surface area (Å²) in [6.07, 6.45) is 7.69. The average Bonchev–Trinajstić information content (AvgIpc) is 2.73. The van der Waals surface area contributed by atoms with Gasteiger partial charge in [0.1, 0.15) is 0 Å². The minimum absolute atomic E-state index is 0.695. The molecule has 1 aliphatic heterocycles. The molecule has 1 N–H and O–H groups in total. The number of aryl methyl sites for hydroxylation is 1. The first kappa shape index (κ1) is 15.8. The first-order valence-corrected chi connectivity index (χ1v) is 9.07. The number of nitrogens with one attached hydrogen (secondary N) is 1. The van der Waals surface area contributed by atoms with Crippen LogP contribution >= 0.6 is 11.3 Å². The second-order valence-corrected chi connectivity index (χ2v) is 6.67. The molecule has 1 saturated heterocycles. The highest BCUT2D eigenvalue weighted by molar-refractivity contribution is 7.15. The topological polar surface area (TPSA) is 28.2 Å². The van der Waals surface area contributed by atoms with Crippen LogP contribution in [0.2, 0.25) is 0 Å². The molecule has 0 aliphatic carbocycles. The lowest BCUT2D eigenvalue weighted by Gasteiger charge is -2.28. The minimum atomic E-state index is 0.695. The number of hydrogen-bond donors (Lipinski definition) is 1. The Morgan fingerprint density at radius 1 is 1.25 bits per heavy atom. The van der Waals surface area contributed by atoms with Gasteiger partial charge in [-0.15, -0.1) is 11.3 Å².